The standard InChI is InChI=1S/C10H20N4O2/c1-4-11-7-9-13-14-10(16-9)12-6-8(3)15-5-2/h8,11H,4-7H2,1-3H3,(H,12,14). The van der Waals surface area contributed by atoms with Gasteiger partial charge in [0.2, 0.25) is 5.89 Å². The highest BCUT2D eigenvalue weighted by Gasteiger charge is 2.06. The summed E-state index contributed by atoms with van der Waals surface area (Å²) in [5.41, 5.74) is 0. The van der Waals surface area contributed by atoms with Gasteiger partial charge in [-0.3, -0.25) is 0 Å². The number of ether oxygens (including phenoxy) is 1. The van der Waals surface area contributed by atoms with Crippen LogP contribution in [0.1, 0.15) is 26.7 Å². The van der Waals surface area contributed by atoms with E-state index in [1.165, 1.54) is 0 Å². The number of hydrogen-bond acceptors (Lipinski definition) is 6. The highest BCUT2D eigenvalue weighted by atomic mass is 16.5. The molecule has 0 amide bonds. The van der Waals surface area contributed by atoms with Crippen molar-refractivity contribution < 1.29 is 9.15 Å². The first-order valence-corrected chi connectivity index (χ1v) is 5.64. The molecule has 6 nitrogen and oxygen atoms in total. The second-order valence-electron chi connectivity index (χ2n) is 3.43. The van der Waals surface area contributed by atoms with Gasteiger partial charge in [0.25, 0.3) is 0 Å². The summed E-state index contributed by atoms with van der Waals surface area (Å²) in [4.78, 5) is 0. The van der Waals surface area contributed by atoms with E-state index in [1.807, 2.05) is 20.8 Å². The molecule has 2 N–H and O–H groups in total. The quantitative estimate of drug-likeness (QED) is 0.692. The van der Waals surface area contributed by atoms with Crippen molar-refractivity contribution in [1.82, 2.24) is 15.5 Å². The lowest BCUT2D eigenvalue weighted by Gasteiger charge is -2.10. The van der Waals surface area contributed by atoms with Crippen molar-refractivity contribution in [3.63, 3.8) is 0 Å². The van der Waals surface area contributed by atoms with Crippen molar-refractivity contribution >= 4 is 6.01 Å². The maximum atomic E-state index is 5.37. The van der Waals surface area contributed by atoms with Crippen LogP contribution in [-0.2, 0) is 11.3 Å². The Morgan fingerprint density at radius 2 is 2.19 bits per heavy atom. The molecule has 1 rings (SSSR count). The molecule has 16 heavy (non-hydrogen) atoms. The Morgan fingerprint density at radius 3 is 2.88 bits per heavy atom. The van der Waals surface area contributed by atoms with Crippen LogP contribution in [0.3, 0.4) is 0 Å². The molecule has 1 heterocycles. The van der Waals surface area contributed by atoms with Crippen molar-refractivity contribution in [2.75, 3.05) is 25.0 Å². The predicted molar refractivity (Wildman–Crippen MR) is 61.3 cm³/mol. The molecule has 0 spiro atoms. The minimum Gasteiger partial charge on any atom is -0.407 e. The molecule has 0 aliphatic heterocycles. The average molecular weight is 228 g/mol. The van der Waals surface area contributed by atoms with E-state index in [4.69, 9.17) is 9.15 Å². The number of nitrogens with zero attached hydrogens (tertiary/aromatic N) is 2. The number of aromatic nitrogens is 2. The molecule has 0 saturated carbocycles. The third-order valence-corrected chi connectivity index (χ3v) is 1.99. The van der Waals surface area contributed by atoms with Gasteiger partial charge in [0.05, 0.1) is 12.6 Å². The van der Waals surface area contributed by atoms with Gasteiger partial charge in [-0.25, -0.2) is 0 Å². The highest BCUT2D eigenvalue weighted by Crippen LogP contribution is 2.05. The van der Waals surface area contributed by atoms with E-state index < -0.39 is 0 Å². The summed E-state index contributed by atoms with van der Waals surface area (Å²) in [5, 5.41) is 13.9. The fourth-order valence-electron chi connectivity index (χ4n) is 1.20. The zero-order chi connectivity index (χ0) is 11.8. The number of anilines is 1. The van der Waals surface area contributed by atoms with Crippen molar-refractivity contribution in [3.05, 3.63) is 5.89 Å². The molecule has 1 unspecified atom stereocenters. The fourth-order valence-corrected chi connectivity index (χ4v) is 1.20. The van der Waals surface area contributed by atoms with Gasteiger partial charge in [-0.2, -0.15) is 0 Å². The van der Waals surface area contributed by atoms with Crippen molar-refractivity contribution in [3.8, 4) is 0 Å². The zero-order valence-corrected chi connectivity index (χ0v) is 10.1. The van der Waals surface area contributed by atoms with E-state index in [2.05, 4.69) is 20.8 Å². The highest BCUT2D eigenvalue weighted by molar-refractivity contribution is 5.16. The molecule has 0 saturated heterocycles. The number of rotatable bonds is 8. The summed E-state index contributed by atoms with van der Waals surface area (Å²) >= 11 is 0. The third-order valence-electron chi connectivity index (χ3n) is 1.99. The summed E-state index contributed by atoms with van der Waals surface area (Å²) < 4.78 is 10.7. The van der Waals surface area contributed by atoms with Crippen molar-refractivity contribution in [2.45, 2.75) is 33.4 Å². The monoisotopic (exact) mass is 228 g/mol. The Kier molecular flexibility index (Phi) is 5.81. The molecule has 0 aromatic carbocycles. The summed E-state index contributed by atoms with van der Waals surface area (Å²) in [7, 11) is 0. The van der Waals surface area contributed by atoms with Gasteiger partial charge in [-0.05, 0) is 20.4 Å². The lowest BCUT2D eigenvalue weighted by atomic mass is 10.4. The average Bonchev–Trinajstić information content (AvgIpc) is 2.72. The molecular formula is C10H20N4O2. The summed E-state index contributed by atoms with van der Waals surface area (Å²) in [6.45, 7) is 8.84. The van der Waals surface area contributed by atoms with E-state index in [-0.39, 0.29) is 6.10 Å². The van der Waals surface area contributed by atoms with Crippen LogP contribution in [0.4, 0.5) is 6.01 Å². The Hall–Kier alpha value is -1.14. The van der Waals surface area contributed by atoms with Gasteiger partial charge < -0.3 is 19.8 Å². The molecule has 1 aromatic heterocycles. The Labute approximate surface area is 95.8 Å². The van der Waals surface area contributed by atoms with E-state index in [0.29, 0.717) is 31.6 Å². The van der Waals surface area contributed by atoms with E-state index >= 15 is 0 Å². The van der Waals surface area contributed by atoms with E-state index in [0.717, 1.165) is 6.54 Å². The summed E-state index contributed by atoms with van der Waals surface area (Å²) in [6.07, 6.45) is 0.133. The zero-order valence-electron chi connectivity index (χ0n) is 10.1. The lowest BCUT2D eigenvalue weighted by Crippen LogP contribution is -2.19. The molecule has 0 aliphatic carbocycles. The molecule has 0 radical (unpaired) electrons. The summed E-state index contributed by atoms with van der Waals surface area (Å²) in [6, 6.07) is 0.444. The van der Waals surface area contributed by atoms with Crippen LogP contribution in [0.5, 0.6) is 0 Å². The van der Waals surface area contributed by atoms with Crippen LogP contribution >= 0.6 is 0 Å². The third kappa shape index (κ3) is 4.59. The Morgan fingerprint density at radius 1 is 1.38 bits per heavy atom. The van der Waals surface area contributed by atoms with Crippen LogP contribution in [-0.4, -0.2) is 36.0 Å². The van der Waals surface area contributed by atoms with Gasteiger partial charge in [0.15, 0.2) is 0 Å². The smallest absolute Gasteiger partial charge is 0.315 e. The molecule has 1 atom stereocenters. The molecule has 0 bridgehead atoms. The van der Waals surface area contributed by atoms with E-state index in [9.17, 15) is 0 Å². The topological polar surface area (TPSA) is 72.2 Å². The van der Waals surface area contributed by atoms with Crippen LogP contribution in [0.15, 0.2) is 4.42 Å². The number of nitrogens with one attached hydrogen (secondary N) is 2. The molecule has 1 aromatic rings. The van der Waals surface area contributed by atoms with E-state index in [1.54, 1.807) is 0 Å². The van der Waals surface area contributed by atoms with Gasteiger partial charge in [0, 0.05) is 13.2 Å². The SMILES string of the molecule is CCNCc1nnc(NCC(C)OCC)o1. The lowest BCUT2D eigenvalue weighted by molar-refractivity contribution is 0.0851. The summed E-state index contributed by atoms with van der Waals surface area (Å²) in [5.74, 6) is 0.591. The minimum atomic E-state index is 0.133. The largest absolute Gasteiger partial charge is 0.407 e. The molecule has 92 valence electrons. The molecule has 0 aliphatic rings. The van der Waals surface area contributed by atoms with Crippen LogP contribution < -0.4 is 10.6 Å². The van der Waals surface area contributed by atoms with Crippen LogP contribution in [0.2, 0.25) is 0 Å². The second-order valence-corrected chi connectivity index (χ2v) is 3.43. The maximum absolute atomic E-state index is 5.37. The minimum absolute atomic E-state index is 0.133. The Bertz CT molecular complexity index is 290. The van der Waals surface area contributed by atoms with Crippen molar-refractivity contribution in [2.24, 2.45) is 0 Å². The van der Waals surface area contributed by atoms with Gasteiger partial charge in [-0.1, -0.05) is 12.0 Å². The predicted octanol–water partition coefficient (Wildman–Crippen LogP) is 1.02. The molecule has 6 heteroatoms. The molecule has 0 fully saturated rings. The first kappa shape index (κ1) is 12.9. The number of hydrogen-bond donors (Lipinski definition) is 2. The maximum Gasteiger partial charge on any atom is 0.315 e. The van der Waals surface area contributed by atoms with Gasteiger partial charge >= 0.3 is 6.01 Å². The second kappa shape index (κ2) is 7.19. The first-order chi connectivity index (χ1) is 7.76. The molecular weight excluding hydrogens is 208 g/mol. The van der Waals surface area contributed by atoms with Gasteiger partial charge in [-0.15, -0.1) is 5.10 Å². The fraction of sp³-hybridized carbons (Fsp3) is 0.800. The Balaban J connectivity index is 2.28. The normalized spacial score (nSPS) is 12.7. The van der Waals surface area contributed by atoms with Crippen LogP contribution in [0, 0.1) is 0 Å². The van der Waals surface area contributed by atoms with Crippen LogP contribution in [0.25, 0.3) is 0 Å². The van der Waals surface area contributed by atoms with Crippen molar-refractivity contribution in [1.29, 1.82) is 0 Å². The first-order valence-electron chi connectivity index (χ1n) is 5.64. The van der Waals surface area contributed by atoms with Gasteiger partial charge in [0.1, 0.15) is 0 Å².